The Morgan fingerprint density at radius 2 is 1.74 bits per heavy atom. The number of anilines is 1. The zero-order valence-corrected chi connectivity index (χ0v) is 14.1. The van der Waals surface area contributed by atoms with E-state index in [9.17, 15) is 18.5 Å². The molecule has 0 saturated heterocycles. The van der Waals surface area contributed by atoms with Crippen molar-refractivity contribution in [2.75, 3.05) is 4.72 Å². The van der Waals surface area contributed by atoms with Gasteiger partial charge in [0.25, 0.3) is 15.7 Å². The molecule has 0 aliphatic heterocycles. The highest BCUT2D eigenvalue weighted by Gasteiger charge is 2.23. The summed E-state index contributed by atoms with van der Waals surface area (Å²) in [4.78, 5) is 10.2. The quantitative estimate of drug-likeness (QED) is 0.644. The topological polar surface area (TPSA) is 89.3 Å². The molecular weight excluding hydrogens is 340 g/mol. The van der Waals surface area contributed by atoms with Crippen LogP contribution in [0.1, 0.15) is 25.3 Å². The molecule has 0 aliphatic rings. The minimum Gasteiger partial charge on any atom is -0.280 e. The molecule has 2 aromatic rings. The third kappa shape index (κ3) is 4.00. The summed E-state index contributed by atoms with van der Waals surface area (Å²) in [6.45, 7) is 3.64. The molecule has 0 amide bonds. The van der Waals surface area contributed by atoms with Gasteiger partial charge in [-0.3, -0.25) is 14.8 Å². The molecule has 0 fully saturated rings. The molecule has 0 saturated carbocycles. The number of sulfonamides is 1. The number of nitro groups is 1. The molecule has 0 aromatic heterocycles. The summed E-state index contributed by atoms with van der Waals surface area (Å²) in [7, 11) is -3.96. The van der Waals surface area contributed by atoms with Crippen molar-refractivity contribution in [3.8, 4) is 0 Å². The normalized spacial score (nSPS) is 11.5. The largest absolute Gasteiger partial charge is 0.280 e. The van der Waals surface area contributed by atoms with Gasteiger partial charge in [-0.25, -0.2) is 8.42 Å². The number of non-ortho nitro benzene ring substituents is 1. The van der Waals surface area contributed by atoms with E-state index in [-0.39, 0.29) is 16.5 Å². The highest BCUT2D eigenvalue weighted by molar-refractivity contribution is 7.92. The van der Waals surface area contributed by atoms with Crippen LogP contribution in [0.5, 0.6) is 0 Å². The van der Waals surface area contributed by atoms with Gasteiger partial charge in [0.15, 0.2) is 0 Å². The Balaban J connectivity index is 2.50. The Labute approximate surface area is 139 Å². The summed E-state index contributed by atoms with van der Waals surface area (Å²) < 4.78 is 27.7. The van der Waals surface area contributed by atoms with Crippen LogP contribution in [0.25, 0.3) is 0 Å². The molecule has 0 spiro atoms. The molecule has 0 heterocycles. The van der Waals surface area contributed by atoms with Crippen LogP contribution in [0, 0.1) is 10.1 Å². The molecule has 0 unspecified atom stereocenters. The van der Waals surface area contributed by atoms with Crippen LogP contribution in [0.3, 0.4) is 0 Å². The molecule has 2 rings (SSSR count). The first-order valence-corrected chi connectivity index (χ1v) is 8.63. The van der Waals surface area contributed by atoms with Crippen molar-refractivity contribution in [1.82, 2.24) is 0 Å². The Bertz CT molecular complexity index is 833. The van der Waals surface area contributed by atoms with Crippen molar-refractivity contribution in [2.45, 2.75) is 24.7 Å². The minimum absolute atomic E-state index is 0.100. The van der Waals surface area contributed by atoms with E-state index in [2.05, 4.69) is 4.72 Å². The second-order valence-electron chi connectivity index (χ2n) is 5.25. The molecule has 0 bridgehead atoms. The zero-order chi connectivity index (χ0) is 17.2. The average Bonchev–Trinajstić information content (AvgIpc) is 2.48. The number of hydrogen-bond donors (Lipinski definition) is 1. The van der Waals surface area contributed by atoms with Gasteiger partial charge in [0.1, 0.15) is 0 Å². The number of rotatable bonds is 5. The second-order valence-corrected chi connectivity index (χ2v) is 7.33. The number of nitrogens with one attached hydrogen (secondary N) is 1. The van der Waals surface area contributed by atoms with Gasteiger partial charge in [0.2, 0.25) is 0 Å². The first-order chi connectivity index (χ1) is 10.7. The van der Waals surface area contributed by atoms with Crippen LogP contribution in [-0.4, -0.2) is 13.3 Å². The van der Waals surface area contributed by atoms with Gasteiger partial charge in [0, 0.05) is 22.8 Å². The molecule has 1 N–H and O–H groups in total. The summed E-state index contributed by atoms with van der Waals surface area (Å²) in [5, 5.41) is 11.4. The maximum absolute atomic E-state index is 12.6. The maximum Gasteiger partial charge on any atom is 0.270 e. The van der Waals surface area contributed by atoms with E-state index < -0.39 is 14.9 Å². The summed E-state index contributed by atoms with van der Waals surface area (Å²) in [5.74, 6) is -0.104. The molecule has 8 heteroatoms. The molecule has 23 heavy (non-hydrogen) atoms. The molecular formula is C15H15ClN2O4S. The smallest absolute Gasteiger partial charge is 0.270 e. The van der Waals surface area contributed by atoms with E-state index in [1.165, 1.54) is 24.3 Å². The van der Waals surface area contributed by atoms with Crippen LogP contribution >= 0.6 is 11.6 Å². The van der Waals surface area contributed by atoms with Gasteiger partial charge in [-0.1, -0.05) is 31.5 Å². The lowest BCUT2D eigenvalue weighted by Gasteiger charge is -2.14. The first-order valence-electron chi connectivity index (χ1n) is 6.77. The van der Waals surface area contributed by atoms with E-state index in [4.69, 9.17) is 11.6 Å². The van der Waals surface area contributed by atoms with Crippen LogP contribution < -0.4 is 4.72 Å². The van der Waals surface area contributed by atoms with Gasteiger partial charge in [-0.2, -0.15) is 0 Å². The highest BCUT2D eigenvalue weighted by Crippen LogP contribution is 2.29. The van der Waals surface area contributed by atoms with Crippen LogP contribution in [0.2, 0.25) is 5.02 Å². The van der Waals surface area contributed by atoms with E-state index in [1.54, 1.807) is 12.1 Å². The van der Waals surface area contributed by atoms with Crippen molar-refractivity contribution in [3.05, 3.63) is 63.2 Å². The number of halogens is 1. The Hall–Kier alpha value is -2.12. The number of benzene rings is 2. The third-order valence-electron chi connectivity index (χ3n) is 3.22. The molecule has 0 aliphatic carbocycles. The molecule has 2 aromatic carbocycles. The fourth-order valence-electron chi connectivity index (χ4n) is 2.07. The number of nitro benzene ring substituents is 1. The van der Waals surface area contributed by atoms with Gasteiger partial charge >= 0.3 is 0 Å². The fraction of sp³-hybridized carbons (Fsp3) is 0.200. The molecule has 0 radical (unpaired) electrons. The predicted octanol–water partition coefficient (Wildman–Crippen LogP) is 4.17. The average molecular weight is 355 g/mol. The number of nitrogens with zero attached hydrogens (tertiary/aromatic N) is 1. The van der Waals surface area contributed by atoms with E-state index in [1.807, 2.05) is 13.8 Å². The van der Waals surface area contributed by atoms with Crippen molar-refractivity contribution in [3.63, 3.8) is 0 Å². The number of hydrogen-bond acceptors (Lipinski definition) is 4. The second kappa shape index (κ2) is 6.55. The minimum atomic E-state index is -3.96. The summed E-state index contributed by atoms with van der Waals surface area (Å²) in [6, 6.07) is 9.99. The standard InChI is InChI=1S/C15H15ClN2O4S/c1-10(2)14-8-7-13(18(19)20)9-15(14)23(21,22)17-12-5-3-11(16)4-6-12/h3-10,17H,1-2H3. The van der Waals surface area contributed by atoms with Crippen LogP contribution in [-0.2, 0) is 10.0 Å². The maximum atomic E-state index is 12.6. The first kappa shape index (κ1) is 17.2. The zero-order valence-electron chi connectivity index (χ0n) is 12.5. The van der Waals surface area contributed by atoms with Crippen molar-refractivity contribution < 1.29 is 13.3 Å². The van der Waals surface area contributed by atoms with Crippen LogP contribution in [0.15, 0.2) is 47.4 Å². The molecule has 6 nitrogen and oxygen atoms in total. The summed E-state index contributed by atoms with van der Waals surface area (Å²) in [5.41, 5.74) is 0.568. The fourth-order valence-corrected chi connectivity index (χ4v) is 3.65. The van der Waals surface area contributed by atoms with Crippen molar-refractivity contribution in [2.24, 2.45) is 0 Å². The van der Waals surface area contributed by atoms with E-state index >= 15 is 0 Å². The third-order valence-corrected chi connectivity index (χ3v) is 4.90. The van der Waals surface area contributed by atoms with Crippen LogP contribution in [0.4, 0.5) is 11.4 Å². The summed E-state index contributed by atoms with van der Waals surface area (Å²) >= 11 is 5.77. The van der Waals surface area contributed by atoms with E-state index in [0.29, 0.717) is 16.3 Å². The summed E-state index contributed by atoms with van der Waals surface area (Å²) in [6.07, 6.45) is 0. The monoisotopic (exact) mass is 354 g/mol. The van der Waals surface area contributed by atoms with Gasteiger partial charge in [-0.05, 0) is 35.7 Å². The SMILES string of the molecule is CC(C)c1ccc([N+](=O)[O-])cc1S(=O)(=O)Nc1ccc(Cl)cc1. The molecule has 0 atom stereocenters. The lowest BCUT2D eigenvalue weighted by molar-refractivity contribution is -0.385. The Morgan fingerprint density at radius 1 is 1.13 bits per heavy atom. The lowest BCUT2D eigenvalue weighted by atomic mass is 10.0. The van der Waals surface area contributed by atoms with Gasteiger partial charge < -0.3 is 0 Å². The van der Waals surface area contributed by atoms with Gasteiger partial charge in [0.05, 0.1) is 9.82 Å². The predicted molar refractivity (Wildman–Crippen MR) is 89.4 cm³/mol. The highest BCUT2D eigenvalue weighted by atomic mass is 35.5. The van der Waals surface area contributed by atoms with Gasteiger partial charge in [-0.15, -0.1) is 0 Å². The Kier molecular flexibility index (Phi) is 4.91. The Morgan fingerprint density at radius 3 is 2.26 bits per heavy atom. The molecule has 122 valence electrons. The van der Waals surface area contributed by atoms with E-state index in [0.717, 1.165) is 6.07 Å². The van der Waals surface area contributed by atoms with Crippen molar-refractivity contribution >= 4 is 33.0 Å². The van der Waals surface area contributed by atoms with Crippen molar-refractivity contribution in [1.29, 1.82) is 0 Å². The lowest BCUT2D eigenvalue weighted by Crippen LogP contribution is -2.16.